The first-order chi connectivity index (χ1) is 12.2. The van der Waals surface area contributed by atoms with Gasteiger partial charge in [0.05, 0.1) is 6.20 Å². The minimum Gasteiger partial charge on any atom is -0.343 e. The Morgan fingerprint density at radius 1 is 1.12 bits per heavy atom. The molecule has 4 rings (SSSR count). The van der Waals surface area contributed by atoms with E-state index in [2.05, 4.69) is 9.97 Å². The van der Waals surface area contributed by atoms with E-state index in [1.165, 1.54) is 19.3 Å². The molecule has 3 fully saturated rings. The molecule has 1 atom stereocenters. The summed E-state index contributed by atoms with van der Waals surface area (Å²) < 4.78 is 0. The van der Waals surface area contributed by atoms with Crippen molar-refractivity contribution in [1.82, 2.24) is 19.8 Å². The number of hydrogen-bond acceptors (Lipinski definition) is 4. The van der Waals surface area contributed by atoms with Gasteiger partial charge in [-0.2, -0.15) is 0 Å². The van der Waals surface area contributed by atoms with Gasteiger partial charge in [0, 0.05) is 45.0 Å². The molecule has 2 aliphatic heterocycles. The van der Waals surface area contributed by atoms with Crippen LogP contribution in [0.5, 0.6) is 0 Å². The Bertz CT molecular complexity index is 638. The Morgan fingerprint density at radius 2 is 1.92 bits per heavy atom. The first-order valence-corrected chi connectivity index (χ1v) is 9.51. The molecule has 2 amide bonds. The fraction of sp³-hybridized carbons (Fsp3) is 0.684. The fourth-order valence-corrected chi connectivity index (χ4v) is 4.78. The van der Waals surface area contributed by atoms with Crippen molar-refractivity contribution in [3.8, 4) is 0 Å². The summed E-state index contributed by atoms with van der Waals surface area (Å²) >= 11 is 0. The first-order valence-electron chi connectivity index (χ1n) is 9.51. The number of amides is 2. The molecule has 0 bridgehead atoms. The Balaban J connectivity index is 1.39. The molecule has 1 unspecified atom stereocenters. The summed E-state index contributed by atoms with van der Waals surface area (Å²) in [6.07, 6.45) is 12.1. The zero-order chi connectivity index (χ0) is 17.3. The number of aromatic nitrogens is 2. The molecule has 6 heteroatoms. The van der Waals surface area contributed by atoms with E-state index >= 15 is 0 Å². The highest BCUT2D eigenvalue weighted by molar-refractivity contribution is 5.92. The quantitative estimate of drug-likeness (QED) is 0.841. The zero-order valence-corrected chi connectivity index (χ0v) is 14.7. The van der Waals surface area contributed by atoms with Crippen LogP contribution in [0.1, 0.15) is 55.4 Å². The third-order valence-corrected chi connectivity index (χ3v) is 6.40. The Kier molecular flexibility index (Phi) is 4.44. The smallest absolute Gasteiger partial charge is 0.274 e. The molecule has 1 aliphatic carbocycles. The molecule has 25 heavy (non-hydrogen) atoms. The highest BCUT2D eigenvalue weighted by Gasteiger charge is 2.51. The number of hydrogen-bond donors (Lipinski definition) is 0. The number of carbonyl (C=O) groups is 2. The maximum atomic E-state index is 12.7. The van der Waals surface area contributed by atoms with Crippen molar-refractivity contribution in [2.45, 2.75) is 44.9 Å². The van der Waals surface area contributed by atoms with Crippen LogP contribution in [0, 0.1) is 11.3 Å². The van der Waals surface area contributed by atoms with E-state index < -0.39 is 0 Å². The van der Waals surface area contributed by atoms with Crippen molar-refractivity contribution in [2.24, 2.45) is 11.3 Å². The normalized spacial score (nSPS) is 24.6. The van der Waals surface area contributed by atoms with Gasteiger partial charge in [0.25, 0.3) is 5.91 Å². The van der Waals surface area contributed by atoms with E-state index in [-0.39, 0.29) is 11.3 Å². The number of nitrogens with zero attached hydrogens (tertiary/aromatic N) is 4. The molecule has 2 saturated heterocycles. The first kappa shape index (κ1) is 16.5. The average Bonchev–Trinajstić information content (AvgIpc) is 3.27. The van der Waals surface area contributed by atoms with Crippen molar-refractivity contribution in [3.05, 3.63) is 24.3 Å². The Hall–Kier alpha value is -1.98. The van der Waals surface area contributed by atoms with E-state index in [0.29, 0.717) is 23.9 Å². The van der Waals surface area contributed by atoms with E-state index in [0.717, 1.165) is 45.4 Å². The highest BCUT2D eigenvalue weighted by Crippen LogP contribution is 2.53. The van der Waals surface area contributed by atoms with Crippen LogP contribution in [-0.2, 0) is 4.79 Å². The summed E-state index contributed by atoms with van der Waals surface area (Å²) in [6.45, 7) is 3.41. The summed E-state index contributed by atoms with van der Waals surface area (Å²) in [6, 6.07) is 0. The van der Waals surface area contributed by atoms with Gasteiger partial charge in [-0.05, 0) is 43.4 Å². The van der Waals surface area contributed by atoms with Crippen LogP contribution in [-0.4, -0.2) is 57.8 Å². The molecule has 1 aromatic rings. The second kappa shape index (κ2) is 6.73. The lowest BCUT2D eigenvalue weighted by molar-refractivity contribution is -0.130. The van der Waals surface area contributed by atoms with Gasteiger partial charge in [-0.3, -0.25) is 14.6 Å². The van der Waals surface area contributed by atoms with Crippen molar-refractivity contribution < 1.29 is 9.59 Å². The van der Waals surface area contributed by atoms with E-state index in [4.69, 9.17) is 0 Å². The highest BCUT2D eigenvalue weighted by atomic mass is 16.2. The van der Waals surface area contributed by atoms with Gasteiger partial charge in [0.2, 0.25) is 5.91 Å². The summed E-state index contributed by atoms with van der Waals surface area (Å²) in [5.41, 5.74) is 0.661. The standard InChI is InChI=1S/C19H26N4O2/c24-17(22-10-1-2-11-22)5-4-15-13-23(14-19(15)6-3-7-19)18(25)16-12-20-8-9-21-16/h8-9,12,15H,1-7,10-11,13-14H2. The lowest BCUT2D eigenvalue weighted by Crippen LogP contribution is -2.39. The third kappa shape index (κ3) is 3.14. The average molecular weight is 342 g/mol. The second-order valence-corrected chi connectivity index (χ2v) is 7.82. The van der Waals surface area contributed by atoms with E-state index in [1.807, 2.05) is 9.80 Å². The van der Waals surface area contributed by atoms with Crippen LogP contribution >= 0.6 is 0 Å². The Labute approximate surface area is 148 Å². The second-order valence-electron chi connectivity index (χ2n) is 7.82. The lowest BCUT2D eigenvalue weighted by atomic mass is 9.62. The molecular formula is C19H26N4O2. The Morgan fingerprint density at radius 3 is 2.56 bits per heavy atom. The molecule has 3 aliphatic rings. The summed E-state index contributed by atoms with van der Waals surface area (Å²) in [4.78, 5) is 37.2. The van der Waals surface area contributed by atoms with Crippen molar-refractivity contribution in [1.29, 1.82) is 0 Å². The molecule has 0 N–H and O–H groups in total. The van der Waals surface area contributed by atoms with E-state index in [1.54, 1.807) is 18.6 Å². The van der Waals surface area contributed by atoms with Crippen molar-refractivity contribution in [3.63, 3.8) is 0 Å². The number of likely N-dealkylation sites (tertiary alicyclic amines) is 2. The van der Waals surface area contributed by atoms with Crippen LogP contribution in [0.25, 0.3) is 0 Å². The van der Waals surface area contributed by atoms with Gasteiger partial charge in [-0.25, -0.2) is 4.98 Å². The molecule has 1 aromatic heterocycles. The van der Waals surface area contributed by atoms with Crippen molar-refractivity contribution in [2.75, 3.05) is 26.2 Å². The van der Waals surface area contributed by atoms with E-state index in [9.17, 15) is 9.59 Å². The van der Waals surface area contributed by atoms with Gasteiger partial charge in [0.15, 0.2) is 0 Å². The van der Waals surface area contributed by atoms with Gasteiger partial charge >= 0.3 is 0 Å². The molecule has 3 heterocycles. The molecule has 6 nitrogen and oxygen atoms in total. The SMILES string of the molecule is O=C(CCC1CN(C(=O)c2cnccn2)CC12CCC2)N1CCCC1. The predicted octanol–water partition coefficient (Wildman–Crippen LogP) is 2.12. The maximum absolute atomic E-state index is 12.7. The monoisotopic (exact) mass is 342 g/mol. The predicted molar refractivity (Wildman–Crippen MR) is 92.8 cm³/mol. The van der Waals surface area contributed by atoms with Gasteiger partial charge in [-0.1, -0.05) is 6.42 Å². The van der Waals surface area contributed by atoms with Crippen LogP contribution < -0.4 is 0 Å². The van der Waals surface area contributed by atoms with Crippen LogP contribution in [0.15, 0.2) is 18.6 Å². The van der Waals surface area contributed by atoms with Crippen molar-refractivity contribution >= 4 is 11.8 Å². The van der Waals surface area contributed by atoms with Crippen LogP contribution in [0.3, 0.4) is 0 Å². The topological polar surface area (TPSA) is 66.4 Å². The minimum absolute atomic E-state index is 0.0206. The summed E-state index contributed by atoms with van der Waals surface area (Å²) in [7, 11) is 0. The molecular weight excluding hydrogens is 316 g/mol. The summed E-state index contributed by atoms with van der Waals surface area (Å²) in [5, 5.41) is 0. The molecule has 1 spiro atoms. The minimum atomic E-state index is -0.0206. The van der Waals surface area contributed by atoms with Crippen LogP contribution in [0.4, 0.5) is 0 Å². The van der Waals surface area contributed by atoms with Gasteiger partial charge in [-0.15, -0.1) is 0 Å². The van der Waals surface area contributed by atoms with Gasteiger partial charge in [0.1, 0.15) is 5.69 Å². The lowest BCUT2D eigenvalue weighted by Gasteiger charge is -2.43. The van der Waals surface area contributed by atoms with Crippen LogP contribution in [0.2, 0.25) is 0 Å². The number of rotatable bonds is 4. The molecule has 1 saturated carbocycles. The maximum Gasteiger partial charge on any atom is 0.274 e. The zero-order valence-electron chi connectivity index (χ0n) is 14.7. The molecule has 134 valence electrons. The van der Waals surface area contributed by atoms with Gasteiger partial charge < -0.3 is 9.80 Å². The fourth-order valence-electron chi connectivity index (χ4n) is 4.78. The number of carbonyl (C=O) groups excluding carboxylic acids is 2. The molecule has 0 aromatic carbocycles. The summed E-state index contributed by atoms with van der Waals surface area (Å²) in [5.74, 6) is 0.715. The third-order valence-electron chi connectivity index (χ3n) is 6.40. The molecule has 0 radical (unpaired) electrons. The largest absolute Gasteiger partial charge is 0.343 e.